The third-order valence-electron chi connectivity index (χ3n) is 3.87. The predicted octanol–water partition coefficient (Wildman–Crippen LogP) is 3.11. The number of alkyl halides is 3. The molecule has 2 heterocycles. The van der Waals surface area contributed by atoms with Crippen LogP contribution in [0.25, 0.3) is 11.1 Å². The molecule has 1 aliphatic rings. The molecular weight excluding hydrogens is 359 g/mol. The zero-order valence-corrected chi connectivity index (χ0v) is 13.9. The Bertz CT molecular complexity index is 761. The van der Waals surface area contributed by atoms with Gasteiger partial charge in [-0.2, -0.15) is 0 Å². The van der Waals surface area contributed by atoms with Crippen LogP contribution in [-0.4, -0.2) is 29.9 Å². The number of nitrogens with one attached hydrogen (secondary N) is 1. The van der Waals surface area contributed by atoms with Crippen LogP contribution in [0.1, 0.15) is 23.0 Å². The van der Waals surface area contributed by atoms with Gasteiger partial charge in [0, 0.05) is 18.3 Å². The van der Waals surface area contributed by atoms with Gasteiger partial charge in [-0.15, -0.1) is 25.6 Å². The van der Waals surface area contributed by atoms with Crippen LogP contribution in [0.15, 0.2) is 36.5 Å². The molecule has 5 nitrogen and oxygen atoms in total. The SMILES string of the molecule is Cl.NCCC1CNC(=O)c2cc(-c3cccc(OC(F)(F)F)c3)cn21. The molecule has 9 heteroatoms. The van der Waals surface area contributed by atoms with Crippen LogP contribution in [0.3, 0.4) is 0 Å². The summed E-state index contributed by atoms with van der Waals surface area (Å²) in [6.45, 7) is 0.955. The van der Waals surface area contributed by atoms with Crippen LogP contribution < -0.4 is 15.8 Å². The highest BCUT2D eigenvalue weighted by molar-refractivity contribution is 5.95. The number of carbonyl (C=O) groups is 1. The molecule has 3 N–H and O–H groups in total. The highest BCUT2D eigenvalue weighted by Crippen LogP contribution is 2.31. The highest BCUT2D eigenvalue weighted by atomic mass is 35.5. The van der Waals surface area contributed by atoms with E-state index in [2.05, 4.69) is 10.1 Å². The number of rotatable bonds is 4. The first-order valence-corrected chi connectivity index (χ1v) is 7.44. The lowest BCUT2D eigenvalue weighted by atomic mass is 10.1. The van der Waals surface area contributed by atoms with E-state index in [1.165, 1.54) is 18.2 Å². The average molecular weight is 376 g/mol. The summed E-state index contributed by atoms with van der Waals surface area (Å²) in [6, 6.07) is 7.36. The van der Waals surface area contributed by atoms with Gasteiger partial charge in [-0.25, -0.2) is 0 Å². The molecule has 1 atom stereocenters. The topological polar surface area (TPSA) is 69.3 Å². The van der Waals surface area contributed by atoms with Gasteiger partial charge in [0.2, 0.25) is 0 Å². The maximum Gasteiger partial charge on any atom is 0.573 e. The second kappa shape index (κ2) is 7.37. The van der Waals surface area contributed by atoms with E-state index < -0.39 is 6.36 Å². The zero-order valence-electron chi connectivity index (χ0n) is 13.0. The number of fused-ring (bicyclic) bond motifs is 1. The van der Waals surface area contributed by atoms with Gasteiger partial charge < -0.3 is 20.4 Å². The van der Waals surface area contributed by atoms with Gasteiger partial charge in [0.05, 0.1) is 6.04 Å². The minimum absolute atomic E-state index is 0. The van der Waals surface area contributed by atoms with Crippen molar-refractivity contribution in [3.63, 3.8) is 0 Å². The molecule has 1 aromatic heterocycles. The Morgan fingerprint density at radius 3 is 2.72 bits per heavy atom. The number of amides is 1. The van der Waals surface area contributed by atoms with Crippen LogP contribution in [0, 0.1) is 0 Å². The van der Waals surface area contributed by atoms with Crippen LogP contribution in [-0.2, 0) is 0 Å². The molecule has 0 radical (unpaired) electrons. The summed E-state index contributed by atoms with van der Waals surface area (Å²) in [4.78, 5) is 12.0. The van der Waals surface area contributed by atoms with Crippen LogP contribution in [0.2, 0.25) is 0 Å². The standard InChI is InChI=1S/C16H16F3N3O2.ClH/c17-16(18,19)24-13-3-1-2-10(6-13)11-7-14-15(23)21-8-12(4-5-20)22(14)9-11;/h1-3,6-7,9,12H,4-5,8,20H2,(H,21,23);1H. The Hall–Kier alpha value is -2.19. The molecule has 0 fully saturated rings. The average Bonchev–Trinajstić information content (AvgIpc) is 2.95. The second-order valence-corrected chi connectivity index (χ2v) is 5.54. The van der Waals surface area contributed by atoms with E-state index >= 15 is 0 Å². The smallest absolute Gasteiger partial charge is 0.406 e. The maximum atomic E-state index is 12.4. The normalized spacial score (nSPS) is 16.6. The van der Waals surface area contributed by atoms with Crippen molar-refractivity contribution in [2.45, 2.75) is 18.8 Å². The number of hydrogen-bond acceptors (Lipinski definition) is 3. The molecule has 136 valence electrons. The maximum absolute atomic E-state index is 12.4. The Morgan fingerprint density at radius 1 is 1.28 bits per heavy atom. The lowest BCUT2D eigenvalue weighted by Crippen LogP contribution is -2.39. The first kappa shape index (κ1) is 19.1. The van der Waals surface area contributed by atoms with Crippen molar-refractivity contribution >= 4 is 18.3 Å². The van der Waals surface area contributed by atoms with Gasteiger partial charge >= 0.3 is 6.36 Å². The predicted molar refractivity (Wildman–Crippen MR) is 88.8 cm³/mol. The van der Waals surface area contributed by atoms with Crippen molar-refractivity contribution in [1.82, 2.24) is 9.88 Å². The Labute approximate surface area is 148 Å². The first-order chi connectivity index (χ1) is 11.4. The van der Waals surface area contributed by atoms with Crippen molar-refractivity contribution in [1.29, 1.82) is 0 Å². The van der Waals surface area contributed by atoms with Crippen molar-refractivity contribution in [2.24, 2.45) is 5.73 Å². The van der Waals surface area contributed by atoms with Gasteiger partial charge in [0.1, 0.15) is 11.4 Å². The molecule has 0 spiro atoms. The molecule has 0 saturated carbocycles. The molecule has 3 rings (SSSR count). The molecular formula is C16H17ClF3N3O2. The van der Waals surface area contributed by atoms with Gasteiger partial charge in [0.25, 0.3) is 5.91 Å². The van der Waals surface area contributed by atoms with E-state index in [1.54, 1.807) is 18.3 Å². The molecule has 0 saturated heterocycles. The monoisotopic (exact) mass is 375 g/mol. The number of ether oxygens (including phenoxy) is 1. The fraction of sp³-hybridized carbons (Fsp3) is 0.312. The van der Waals surface area contributed by atoms with Crippen LogP contribution >= 0.6 is 12.4 Å². The van der Waals surface area contributed by atoms with Crippen LogP contribution in [0.5, 0.6) is 5.75 Å². The van der Waals surface area contributed by atoms with Crippen molar-refractivity contribution in [3.8, 4) is 16.9 Å². The van der Waals surface area contributed by atoms with E-state index in [0.717, 1.165) is 0 Å². The third-order valence-corrected chi connectivity index (χ3v) is 3.87. The summed E-state index contributed by atoms with van der Waals surface area (Å²) in [5, 5.41) is 2.79. The molecule has 1 aliphatic heterocycles. The summed E-state index contributed by atoms with van der Waals surface area (Å²) < 4.78 is 42.8. The minimum Gasteiger partial charge on any atom is -0.406 e. The largest absolute Gasteiger partial charge is 0.573 e. The number of hydrogen-bond donors (Lipinski definition) is 2. The summed E-state index contributed by atoms with van der Waals surface area (Å²) in [6.07, 6.45) is -2.29. The van der Waals surface area contributed by atoms with Crippen molar-refractivity contribution in [2.75, 3.05) is 13.1 Å². The molecule has 2 aromatic rings. The number of carbonyl (C=O) groups excluding carboxylic acids is 1. The van der Waals surface area contributed by atoms with Crippen molar-refractivity contribution < 1.29 is 22.7 Å². The first-order valence-electron chi connectivity index (χ1n) is 7.44. The number of aromatic nitrogens is 1. The highest BCUT2D eigenvalue weighted by Gasteiger charge is 2.31. The number of benzene rings is 1. The number of nitrogens with two attached hydrogens (primary N) is 1. The lowest BCUT2D eigenvalue weighted by molar-refractivity contribution is -0.274. The molecule has 0 aliphatic carbocycles. The van der Waals surface area contributed by atoms with E-state index in [-0.39, 0.29) is 30.1 Å². The van der Waals surface area contributed by atoms with E-state index in [4.69, 9.17) is 5.73 Å². The van der Waals surface area contributed by atoms with E-state index in [0.29, 0.717) is 36.3 Å². The van der Waals surface area contributed by atoms with E-state index in [9.17, 15) is 18.0 Å². The van der Waals surface area contributed by atoms with E-state index in [1.807, 2.05) is 4.57 Å². The number of halogens is 4. The fourth-order valence-electron chi connectivity index (χ4n) is 2.83. The molecule has 25 heavy (non-hydrogen) atoms. The third kappa shape index (κ3) is 4.26. The fourth-order valence-corrected chi connectivity index (χ4v) is 2.83. The molecule has 1 aromatic carbocycles. The summed E-state index contributed by atoms with van der Waals surface area (Å²) in [5.41, 5.74) is 7.26. The summed E-state index contributed by atoms with van der Waals surface area (Å²) >= 11 is 0. The van der Waals surface area contributed by atoms with Crippen LogP contribution in [0.4, 0.5) is 13.2 Å². The van der Waals surface area contributed by atoms with Gasteiger partial charge in [0.15, 0.2) is 0 Å². The second-order valence-electron chi connectivity index (χ2n) is 5.54. The zero-order chi connectivity index (χ0) is 17.3. The molecule has 1 unspecified atom stereocenters. The quantitative estimate of drug-likeness (QED) is 0.862. The van der Waals surface area contributed by atoms with Gasteiger partial charge in [-0.05, 0) is 36.7 Å². The summed E-state index contributed by atoms with van der Waals surface area (Å²) in [7, 11) is 0. The van der Waals surface area contributed by atoms with Gasteiger partial charge in [-0.1, -0.05) is 12.1 Å². The molecule has 0 bridgehead atoms. The summed E-state index contributed by atoms with van der Waals surface area (Å²) in [5.74, 6) is -0.510. The Kier molecular flexibility index (Phi) is 5.64. The Morgan fingerprint density at radius 2 is 2.04 bits per heavy atom. The molecule has 1 amide bonds. The van der Waals surface area contributed by atoms with Gasteiger partial charge in [-0.3, -0.25) is 4.79 Å². The lowest BCUT2D eigenvalue weighted by Gasteiger charge is -2.25. The number of nitrogens with zero attached hydrogens (tertiary/aromatic N) is 1. The van der Waals surface area contributed by atoms with Crippen molar-refractivity contribution in [3.05, 3.63) is 42.2 Å². The minimum atomic E-state index is -4.75. The Balaban J connectivity index is 0.00000225.